The molecule has 0 bridgehead atoms. The summed E-state index contributed by atoms with van der Waals surface area (Å²) in [6.07, 6.45) is 2.56. The zero-order chi connectivity index (χ0) is 13.2. The number of anilines is 1. The van der Waals surface area contributed by atoms with Gasteiger partial charge in [-0.05, 0) is 19.1 Å². The SMILES string of the molecule is CCN(c1cccc(O)c1)S(=O)(=O)c1cnc[nH]1. The van der Waals surface area contributed by atoms with Gasteiger partial charge < -0.3 is 10.1 Å². The highest BCUT2D eigenvalue weighted by molar-refractivity contribution is 7.92. The lowest BCUT2D eigenvalue weighted by atomic mass is 10.3. The fraction of sp³-hybridized carbons (Fsp3) is 0.182. The van der Waals surface area contributed by atoms with Gasteiger partial charge in [-0.1, -0.05) is 6.07 Å². The molecule has 0 aliphatic rings. The molecule has 1 aromatic carbocycles. The number of phenolic OH excluding ortho intramolecular Hbond substituents is 1. The van der Waals surface area contributed by atoms with Crippen molar-refractivity contribution >= 4 is 15.7 Å². The van der Waals surface area contributed by atoms with Crippen molar-refractivity contribution in [1.82, 2.24) is 9.97 Å². The summed E-state index contributed by atoms with van der Waals surface area (Å²) >= 11 is 0. The maximum absolute atomic E-state index is 12.3. The predicted molar refractivity (Wildman–Crippen MR) is 66.9 cm³/mol. The molecule has 0 atom stereocenters. The van der Waals surface area contributed by atoms with Crippen LogP contribution in [-0.2, 0) is 10.0 Å². The summed E-state index contributed by atoms with van der Waals surface area (Å²) in [6.45, 7) is 1.97. The van der Waals surface area contributed by atoms with Gasteiger partial charge in [0.1, 0.15) is 5.75 Å². The van der Waals surface area contributed by atoms with Crippen molar-refractivity contribution in [1.29, 1.82) is 0 Å². The lowest BCUT2D eigenvalue weighted by Crippen LogP contribution is -2.30. The zero-order valence-corrected chi connectivity index (χ0v) is 10.6. The summed E-state index contributed by atoms with van der Waals surface area (Å²) in [5.41, 5.74) is 0.409. The smallest absolute Gasteiger partial charge is 0.281 e. The normalized spacial score (nSPS) is 11.4. The first-order valence-electron chi connectivity index (χ1n) is 5.36. The number of nitrogens with zero attached hydrogens (tertiary/aromatic N) is 2. The second-order valence-corrected chi connectivity index (χ2v) is 5.44. The summed E-state index contributed by atoms with van der Waals surface area (Å²) in [5.74, 6) is 0.0192. The van der Waals surface area contributed by atoms with E-state index < -0.39 is 10.0 Å². The minimum atomic E-state index is -3.67. The Morgan fingerprint density at radius 1 is 1.44 bits per heavy atom. The highest BCUT2D eigenvalue weighted by atomic mass is 32.2. The van der Waals surface area contributed by atoms with Gasteiger partial charge in [0.15, 0.2) is 5.03 Å². The van der Waals surface area contributed by atoms with Crippen LogP contribution in [0.15, 0.2) is 41.8 Å². The molecule has 7 heteroatoms. The molecule has 0 aliphatic heterocycles. The third-order valence-corrected chi connectivity index (χ3v) is 4.27. The molecule has 0 saturated carbocycles. The number of nitrogens with one attached hydrogen (secondary N) is 1. The molecule has 0 radical (unpaired) electrons. The Bertz CT molecular complexity index is 623. The van der Waals surface area contributed by atoms with Gasteiger partial charge in [0.05, 0.1) is 18.2 Å². The van der Waals surface area contributed by atoms with Gasteiger partial charge in [-0.25, -0.2) is 4.98 Å². The Morgan fingerprint density at radius 3 is 2.78 bits per heavy atom. The topological polar surface area (TPSA) is 86.3 Å². The second kappa shape index (κ2) is 4.69. The average molecular weight is 267 g/mol. The third kappa shape index (κ3) is 2.17. The van der Waals surface area contributed by atoms with E-state index in [0.29, 0.717) is 5.69 Å². The Kier molecular flexibility index (Phi) is 3.24. The largest absolute Gasteiger partial charge is 0.508 e. The number of sulfonamides is 1. The number of aromatic amines is 1. The van der Waals surface area contributed by atoms with Crippen LogP contribution < -0.4 is 4.31 Å². The molecule has 0 unspecified atom stereocenters. The maximum Gasteiger partial charge on any atom is 0.281 e. The molecule has 2 N–H and O–H groups in total. The van der Waals surface area contributed by atoms with Gasteiger partial charge in [0.2, 0.25) is 0 Å². The summed E-state index contributed by atoms with van der Waals surface area (Å²) in [5, 5.41) is 9.43. The highest BCUT2D eigenvalue weighted by Crippen LogP contribution is 2.25. The minimum Gasteiger partial charge on any atom is -0.508 e. The molecule has 0 amide bonds. The first kappa shape index (κ1) is 12.4. The van der Waals surface area contributed by atoms with Crippen LogP contribution >= 0.6 is 0 Å². The maximum atomic E-state index is 12.3. The number of phenols is 1. The van der Waals surface area contributed by atoms with Crippen molar-refractivity contribution in [3.8, 4) is 5.75 Å². The molecule has 0 spiro atoms. The van der Waals surface area contributed by atoms with Crippen LogP contribution in [-0.4, -0.2) is 30.0 Å². The van der Waals surface area contributed by atoms with Gasteiger partial charge in [-0.3, -0.25) is 4.31 Å². The number of aromatic nitrogens is 2. The number of H-pyrrole nitrogens is 1. The van der Waals surface area contributed by atoms with Gasteiger partial charge in [0.25, 0.3) is 10.0 Å². The van der Waals surface area contributed by atoms with E-state index in [0.717, 1.165) is 0 Å². The molecule has 1 aromatic heterocycles. The molecule has 18 heavy (non-hydrogen) atoms. The molecular weight excluding hydrogens is 254 g/mol. The van der Waals surface area contributed by atoms with Gasteiger partial charge in [-0.15, -0.1) is 0 Å². The van der Waals surface area contributed by atoms with Crippen molar-refractivity contribution in [3.05, 3.63) is 36.8 Å². The fourth-order valence-corrected chi connectivity index (χ4v) is 3.01. The Labute approximate surface area is 105 Å². The molecule has 6 nitrogen and oxygen atoms in total. The summed E-state index contributed by atoms with van der Waals surface area (Å²) in [4.78, 5) is 6.28. The molecule has 0 saturated heterocycles. The van der Waals surface area contributed by atoms with Crippen LogP contribution in [0.3, 0.4) is 0 Å². The van der Waals surface area contributed by atoms with E-state index >= 15 is 0 Å². The number of rotatable bonds is 4. The highest BCUT2D eigenvalue weighted by Gasteiger charge is 2.24. The van der Waals surface area contributed by atoms with E-state index in [1.807, 2.05) is 0 Å². The molecule has 0 fully saturated rings. The lowest BCUT2D eigenvalue weighted by molar-refractivity contribution is 0.475. The van der Waals surface area contributed by atoms with E-state index in [1.54, 1.807) is 19.1 Å². The molecule has 2 aromatic rings. The van der Waals surface area contributed by atoms with E-state index in [9.17, 15) is 13.5 Å². The van der Waals surface area contributed by atoms with Crippen LogP contribution in [0.2, 0.25) is 0 Å². The first-order valence-corrected chi connectivity index (χ1v) is 6.80. The van der Waals surface area contributed by atoms with Crippen LogP contribution in [0.5, 0.6) is 5.75 Å². The number of imidazole rings is 1. The minimum absolute atomic E-state index is 0.0192. The molecular formula is C11H13N3O3S. The quantitative estimate of drug-likeness (QED) is 0.875. The van der Waals surface area contributed by atoms with E-state index in [4.69, 9.17) is 0 Å². The van der Waals surface area contributed by atoms with Crippen LogP contribution in [0.1, 0.15) is 6.92 Å². The van der Waals surface area contributed by atoms with Crippen LogP contribution in [0.4, 0.5) is 5.69 Å². The van der Waals surface area contributed by atoms with Crippen molar-refractivity contribution in [2.75, 3.05) is 10.8 Å². The second-order valence-electron chi connectivity index (χ2n) is 3.61. The summed E-state index contributed by atoms with van der Waals surface area (Å²) in [7, 11) is -3.67. The van der Waals surface area contributed by atoms with Crippen molar-refractivity contribution in [2.24, 2.45) is 0 Å². The fourth-order valence-electron chi connectivity index (χ4n) is 1.64. The van der Waals surface area contributed by atoms with Crippen molar-refractivity contribution in [3.63, 3.8) is 0 Å². The molecule has 96 valence electrons. The third-order valence-electron chi connectivity index (χ3n) is 2.45. The molecule has 2 rings (SSSR count). The number of benzene rings is 1. The predicted octanol–water partition coefficient (Wildman–Crippen LogP) is 1.33. The Balaban J connectivity index is 2.47. The van der Waals surface area contributed by atoms with Crippen LogP contribution in [0.25, 0.3) is 0 Å². The van der Waals surface area contributed by atoms with E-state index in [-0.39, 0.29) is 17.3 Å². The van der Waals surface area contributed by atoms with Gasteiger partial charge >= 0.3 is 0 Å². The zero-order valence-electron chi connectivity index (χ0n) is 9.74. The number of aromatic hydroxyl groups is 1. The van der Waals surface area contributed by atoms with E-state index in [1.165, 1.54) is 29.0 Å². The first-order chi connectivity index (χ1) is 8.55. The standard InChI is InChI=1S/C11H13N3O3S/c1-2-14(9-4-3-5-10(15)6-9)18(16,17)11-7-12-8-13-11/h3-8,15H,2H2,1H3,(H,12,13). The van der Waals surface area contributed by atoms with Crippen molar-refractivity contribution in [2.45, 2.75) is 11.9 Å². The number of hydrogen-bond acceptors (Lipinski definition) is 4. The number of hydrogen-bond donors (Lipinski definition) is 2. The average Bonchev–Trinajstić information content (AvgIpc) is 2.83. The van der Waals surface area contributed by atoms with Crippen LogP contribution in [0, 0.1) is 0 Å². The monoisotopic (exact) mass is 267 g/mol. The summed E-state index contributed by atoms with van der Waals surface area (Å²) in [6, 6.07) is 6.10. The van der Waals surface area contributed by atoms with Gasteiger partial charge in [-0.2, -0.15) is 8.42 Å². The molecule has 1 heterocycles. The Hall–Kier alpha value is -2.02. The van der Waals surface area contributed by atoms with E-state index in [2.05, 4.69) is 9.97 Å². The van der Waals surface area contributed by atoms with Gasteiger partial charge in [0, 0.05) is 12.6 Å². The van der Waals surface area contributed by atoms with Crippen molar-refractivity contribution < 1.29 is 13.5 Å². The lowest BCUT2D eigenvalue weighted by Gasteiger charge is -2.21. The molecule has 0 aliphatic carbocycles. The Morgan fingerprint density at radius 2 is 2.22 bits per heavy atom. The summed E-state index contributed by atoms with van der Waals surface area (Å²) < 4.78 is 25.8.